The van der Waals surface area contributed by atoms with Crippen LogP contribution in [0.25, 0.3) is 33.9 Å². The zero-order valence-electron chi connectivity index (χ0n) is 20.8. The first kappa shape index (κ1) is 23.2. The minimum absolute atomic E-state index is 0.0444. The second kappa shape index (κ2) is 9.39. The third kappa shape index (κ3) is 4.39. The van der Waals surface area contributed by atoms with Crippen molar-refractivity contribution in [2.24, 2.45) is 0 Å². The normalized spacial score (nSPS) is 13.6. The van der Waals surface area contributed by atoms with Crippen molar-refractivity contribution in [3.8, 4) is 22.6 Å². The van der Waals surface area contributed by atoms with Crippen LogP contribution >= 0.6 is 0 Å². The smallest absolute Gasteiger partial charge is 0.168 e. The number of ketones is 1. The molecule has 5 aromatic heterocycles. The van der Waals surface area contributed by atoms with Gasteiger partial charge in [-0.05, 0) is 79.9 Å². The molecule has 9 nitrogen and oxygen atoms in total. The van der Waals surface area contributed by atoms with E-state index in [0.29, 0.717) is 45.7 Å². The van der Waals surface area contributed by atoms with Gasteiger partial charge in [-0.1, -0.05) is 0 Å². The number of hydrogen-bond acceptors (Lipinski definition) is 7. The molecule has 0 amide bonds. The van der Waals surface area contributed by atoms with Crippen molar-refractivity contribution in [3.63, 3.8) is 0 Å². The van der Waals surface area contributed by atoms with Crippen LogP contribution in [0.4, 0.5) is 10.2 Å². The van der Waals surface area contributed by atoms with Crippen LogP contribution in [0.2, 0.25) is 0 Å². The Morgan fingerprint density at radius 1 is 0.923 bits per heavy atom. The Balaban J connectivity index is 1.31. The standard InChI is InChI=1S/C29H23FN8O/c30-20-6-4-19(5-7-20)28-29(38-27(34-28)11-9-25(36-38)32-21-2-1-3-21)23-8-10-26-33-22(17-37(26)35-23)16-24(39)18-12-14-31-15-13-18/h4-15,17,21H,1-3,16H2,(H,32,36). The number of hydrogen-bond donors (Lipinski definition) is 1. The summed E-state index contributed by atoms with van der Waals surface area (Å²) < 4.78 is 17.2. The minimum Gasteiger partial charge on any atom is -0.366 e. The van der Waals surface area contributed by atoms with Crippen LogP contribution in [0.1, 0.15) is 35.3 Å². The topological polar surface area (TPSA) is 102 Å². The number of nitrogens with zero attached hydrogens (tertiary/aromatic N) is 7. The molecule has 192 valence electrons. The average Bonchev–Trinajstić information content (AvgIpc) is 3.51. The third-order valence-electron chi connectivity index (χ3n) is 7.01. The van der Waals surface area contributed by atoms with E-state index in [4.69, 9.17) is 15.2 Å². The summed E-state index contributed by atoms with van der Waals surface area (Å²) in [5.74, 6) is 0.398. The lowest BCUT2D eigenvalue weighted by Gasteiger charge is -2.26. The first-order valence-corrected chi connectivity index (χ1v) is 12.8. The van der Waals surface area contributed by atoms with E-state index in [9.17, 15) is 9.18 Å². The highest BCUT2D eigenvalue weighted by Crippen LogP contribution is 2.32. The molecule has 0 atom stereocenters. The summed E-state index contributed by atoms with van der Waals surface area (Å²) >= 11 is 0. The molecule has 0 spiro atoms. The monoisotopic (exact) mass is 518 g/mol. The SMILES string of the molecule is O=C(Cc1cn2nc(-c3c(-c4ccc(F)cc4)nc4ccc(NC5CCC5)nn34)ccc2n1)c1ccncc1. The van der Waals surface area contributed by atoms with Crippen molar-refractivity contribution in [1.82, 2.24) is 34.2 Å². The Hall–Kier alpha value is -4.99. The summed E-state index contributed by atoms with van der Waals surface area (Å²) in [5.41, 5.74) is 5.16. The molecule has 0 saturated heterocycles. The predicted octanol–water partition coefficient (Wildman–Crippen LogP) is 5.03. The lowest BCUT2D eigenvalue weighted by Crippen LogP contribution is -2.27. The van der Waals surface area contributed by atoms with Crippen molar-refractivity contribution in [2.75, 3.05) is 5.32 Å². The van der Waals surface area contributed by atoms with Gasteiger partial charge < -0.3 is 5.32 Å². The van der Waals surface area contributed by atoms with Crippen LogP contribution in [0.15, 0.2) is 79.3 Å². The summed E-state index contributed by atoms with van der Waals surface area (Å²) in [4.78, 5) is 26.1. The van der Waals surface area contributed by atoms with Gasteiger partial charge in [0.1, 0.15) is 28.7 Å². The Kier molecular flexibility index (Phi) is 5.58. The third-order valence-corrected chi connectivity index (χ3v) is 7.01. The molecule has 39 heavy (non-hydrogen) atoms. The van der Waals surface area contributed by atoms with Crippen molar-refractivity contribution >= 4 is 22.9 Å². The van der Waals surface area contributed by atoms with E-state index in [-0.39, 0.29) is 18.0 Å². The summed E-state index contributed by atoms with van der Waals surface area (Å²) in [6, 6.07) is 17.6. The average molecular weight is 519 g/mol. The number of Topliss-reactive ketones (excluding diaryl/α,β-unsaturated/α-hetero) is 1. The van der Waals surface area contributed by atoms with Gasteiger partial charge in [0.2, 0.25) is 0 Å². The number of nitrogens with one attached hydrogen (secondary N) is 1. The highest BCUT2D eigenvalue weighted by Gasteiger charge is 2.22. The van der Waals surface area contributed by atoms with Crippen molar-refractivity contribution < 1.29 is 9.18 Å². The maximum absolute atomic E-state index is 13.7. The largest absolute Gasteiger partial charge is 0.366 e. The lowest BCUT2D eigenvalue weighted by molar-refractivity contribution is 0.0992. The van der Waals surface area contributed by atoms with E-state index in [1.54, 1.807) is 51.9 Å². The lowest BCUT2D eigenvalue weighted by atomic mass is 9.93. The van der Waals surface area contributed by atoms with Gasteiger partial charge in [0.25, 0.3) is 0 Å². The first-order valence-electron chi connectivity index (χ1n) is 12.8. The molecule has 6 aromatic rings. The number of benzene rings is 1. The van der Waals surface area contributed by atoms with Crippen molar-refractivity contribution in [1.29, 1.82) is 0 Å². The van der Waals surface area contributed by atoms with Gasteiger partial charge in [0.15, 0.2) is 17.1 Å². The molecule has 7 rings (SSSR count). The highest BCUT2D eigenvalue weighted by atomic mass is 19.1. The summed E-state index contributed by atoms with van der Waals surface area (Å²) in [6.07, 6.45) is 8.58. The van der Waals surface area contributed by atoms with Crippen LogP contribution in [0.5, 0.6) is 0 Å². The van der Waals surface area contributed by atoms with Gasteiger partial charge in [-0.25, -0.2) is 23.4 Å². The Morgan fingerprint density at radius 3 is 2.49 bits per heavy atom. The second-order valence-corrected chi connectivity index (χ2v) is 9.67. The summed E-state index contributed by atoms with van der Waals surface area (Å²) in [5, 5.41) is 13.2. The Morgan fingerprint density at radius 2 is 1.72 bits per heavy atom. The summed E-state index contributed by atoms with van der Waals surface area (Å²) in [7, 11) is 0. The fraction of sp³-hybridized carbons (Fsp3) is 0.172. The fourth-order valence-electron chi connectivity index (χ4n) is 4.76. The van der Waals surface area contributed by atoms with E-state index in [0.717, 1.165) is 24.2 Å². The fourth-order valence-corrected chi connectivity index (χ4v) is 4.76. The first-order chi connectivity index (χ1) is 19.1. The van der Waals surface area contributed by atoms with Gasteiger partial charge in [-0.15, -0.1) is 5.10 Å². The molecule has 10 heteroatoms. The van der Waals surface area contributed by atoms with Crippen LogP contribution in [0, 0.1) is 5.82 Å². The van der Waals surface area contributed by atoms with Crippen LogP contribution in [0.3, 0.4) is 0 Å². The molecule has 0 unspecified atom stereocenters. The maximum atomic E-state index is 13.7. The number of carbonyl (C=O) groups excluding carboxylic acids is 1. The maximum Gasteiger partial charge on any atom is 0.168 e. The van der Waals surface area contributed by atoms with Crippen LogP contribution in [-0.4, -0.2) is 46.0 Å². The van der Waals surface area contributed by atoms with Crippen molar-refractivity contribution in [2.45, 2.75) is 31.7 Å². The number of carbonyl (C=O) groups is 1. The molecule has 1 aliphatic carbocycles. The van der Waals surface area contributed by atoms with E-state index in [1.807, 2.05) is 24.3 Å². The molecular weight excluding hydrogens is 495 g/mol. The number of imidazole rings is 2. The molecular formula is C29H23FN8O. The number of fused-ring (bicyclic) bond motifs is 2. The Labute approximate surface area is 222 Å². The number of pyridine rings is 1. The quantitative estimate of drug-likeness (QED) is 0.296. The zero-order valence-corrected chi connectivity index (χ0v) is 20.8. The van der Waals surface area contributed by atoms with E-state index < -0.39 is 0 Å². The van der Waals surface area contributed by atoms with Gasteiger partial charge in [-0.3, -0.25) is 9.78 Å². The van der Waals surface area contributed by atoms with Gasteiger partial charge >= 0.3 is 0 Å². The molecule has 1 aromatic carbocycles. The number of rotatable bonds is 7. The number of aromatic nitrogens is 7. The molecule has 0 radical (unpaired) electrons. The number of halogens is 1. The molecule has 0 aliphatic heterocycles. The molecule has 5 heterocycles. The number of anilines is 1. The minimum atomic E-state index is -0.319. The molecule has 1 N–H and O–H groups in total. The van der Waals surface area contributed by atoms with Crippen LogP contribution < -0.4 is 5.32 Å². The van der Waals surface area contributed by atoms with Gasteiger partial charge in [0.05, 0.1) is 18.3 Å². The molecule has 1 fully saturated rings. The molecule has 1 saturated carbocycles. The van der Waals surface area contributed by atoms with Gasteiger partial charge in [-0.2, -0.15) is 5.10 Å². The highest BCUT2D eigenvalue weighted by molar-refractivity contribution is 5.97. The zero-order chi connectivity index (χ0) is 26.3. The van der Waals surface area contributed by atoms with Crippen LogP contribution in [-0.2, 0) is 6.42 Å². The van der Waals surface area contributed by atoms with E-state index >= 15 is 0 Å². The van der Waals surface area contributed by atoms with Gasteiger partial charge in [0, 0.05) is 29.6 Å². The second-order valence-electron chi connectivity index (χ2n) is 9.67. The predicted molar refractivity (Wildman–Crippen MR) is 144 cm³/mol. The van der Waals surface area contributed by atoms with Crippen molar-refractivity contribution in [3.05, 3.63) is 96.3 Å². The molecule has 0 bridgehead atoms. The van der Waals surface area contributed by atoms with E-state index in [2.05, 4.69) is 15.3 Å². The Bertz CT molecular complexity index is 1820. The summed E-state index contributed by atoms with van der Waals surface area (Å²) in [6.45, 7) is 0. The molecule has 1 aliphatic rings. The van der Waals surface area contributed by atoms with E-state index in [1.165, 1.54) is 18.6 Å².